The maximum atomic E-state index is 10.5. The number of hydrogen-bond acceptors (Lipinski definition) is 4. The average Bonchev–Trinajstić information content (AvgIpc) is 3.20. The second-order valence-corrected chi connectivity index (χ2v) is 8.82. The Morgan fingerprint density at radius 3 is 2.88 bits per heavy atom. The molecule has 1 aromatic carbocycles. The van der Waals surface area contributed by atoms with E-state index in [0.717, 1.165) is 47.2 Å². The zero-order valence-corrected chi connectivity index (χ0v) is 16.3. The number of nitrogens with one attached hydrogen (secondary N) is 1. The second-order valence-electron chi connectivity index (χ2n) is 8.38. The van der Waals surface area contributed by atoms with Gasteiger partial charge in [-0.25, -0.2) is 0 Å². The number of aromatic amines is 1. The lowest BCUT2D eigenvalue weighted by Crippen LogP contribution is -2.21. The Bertz CT molecular complexity index is 817. The van der Waals surface area contributed by atoms with Crippen LogP contribution < -0.4 is 4.74 Å². The van der Waals surface area contributed by atoms with Gasteiger partial charge in [-0.05, 0) is 31.5 Å². The number of β-amino-alcohol motifs (C(OH)–C–C–N with tert-alkyl or cyclic N) is 1. The van der Waals surface area contributed by atoms with E-state index in [2.05, 4.69) is 35.0 Å². The molecule has 140 valence electrons. The van der Waals surface area contributed by atoms with Crippen LogP contribution in [-0.4, -0.2) is 46.0 Å². The summed E-state index contributed by atoms with van der Waals surface area (Å²) >= 11 is 6.37. The minimum Gasteiger partial charge on any atom is -0.492 e. The molecule has 1 fully saturated rings. The van der Waals surface area contributed by atoms with Gasteiger partial charge in [0.05, 0.1) is 18.4 Å². The van der Waals surface area contributed by atoms with E-state index < -0.39 is 0 Å². The number of benzene rings is 1. The molecule has 0 amide bonds. The molecule has 6 heteroatoms. The van der Waals surface area contributed by atoms with Crippen molar-refractivity contribution in [1.82, 2.24) is 15.1 Å². The number of likely N-dealkylation sites (tertiary alicyclic amines) is 1. The molecule has 3 heterocycles. The molecule has 0 aliphatic carbocycles. The Balaban J connectivity index is 1.49. The molecule has 5 nitrogen and oxygen atoms in total. The largest absolute Gasteiger partial charge is 0.492 e. The molecular formula is C20H26ClN3O2. The summed E-state index contributed by atoms with van der Waals surface area (Å²) in [6, 6.07) is 6.07. The van der Waals surface area contributed by atoms with Crippen molar-refractivity contribution in [2.24, 2.45) is 5.92 Å². The lowest BCUT2D eigenvalue weighted by molar-refractivity contribution is 0.140. The lowest BCUT2D eigenvalue weighted by Gasteiger charge is -2.19. The number of aromatic nitrogens is 2. The maximum Gasteiger partial charge on any atom is 0.127 e. The van der Waals surface area contributed by atoms with Crippen LogP contribution in [0, 0.1) is 12.8 Å². The molecule has 2 aromatic rings. The summed E-state index contributed by atoms with van der Waals surface area (Å²) in [6.45, 7) is 9.29. The third-order valence-corrected chi connectivity index (χ3v) is 5.76. The number of aliphatic hydroxyl groups excluding tert-OH is 1. The molecule has 0 radical (unpaired) electrons. The molecule has 4 rings (SSSR count). The van der Waals surface area contributed by atoms with Gasteiger partial charge in [-0.3, -0.25) is 10.00 Å². The fourth-order valence-electron chi connectivity index (χ4n) is 4.13. The van der Waals surface area contributed by atoms with E-state index in [9.17, 15) is 5.11 Å². The molecular weight excluding hydrogens is 350 g/mol. The summed E-state index contributed by atoms with van der Waals surface area (Å²) in [4.78, 5) is 2.29. The number of aliphatic hydroxyl groups is 1. The van der Waals surface area contributed by atoms with Gasteiger partial charge in [-0.15, -0.1) is 0 Å². The molecule has 0 bridgehead atoms. The number of H-pyrrole nitrogens is 1. The van der Waals surface area contributed by atoms with Crippen molar-refractivity contribution in [2.45, 2.75) is 45.3 Å². The standard InChI is InChI=1S/C20H26ClN3O2/c1-12-4-16(23-22-12)6-13-8-24(10-18(13)25)9-14-5-15(21)7-17-19(14)26-11-20(17,2)3/h4-5,7,13,18,25H,6,8-11H2,1-3H3,(H,22,23)/t13-,18-/m1/s1. The molecule has 1 saturated heterocycles. The van der Waals surface area contributed by atoms with Gasteiger partial charge in [0.25, 0.3) is 0 Å². The normalized spacial score (nSPS) is 24.7. The third kappa shape index (κ3) is 3.36. The van der Waals surface area contributed by atoms with Crippen LogP contribution in [0.1, 0.15) is 36.4 Å². The fourth-order valence-corrected chi connectivity index (χ4v) is 4.37. The van der Waals surface area contributed by atoms with E-state index in [1.54, 1.807) is 0 Å². The van der Waals surface area contributed by atoms with Crippen molar-refractivity contribution >= 4 is 11.6 Å². The van der Waals surface area contributed by atoms with E-state index in [-0.39, 0.29) is 17.4 Å². The Morgan fingerprint density at radius 2 is 2.15 bits per heavy atom. The summed E-state index contributed by atoms with van der Waals surface area (Å²) in [5.74, 6) is 1.17. The number of ether oxygens (including phenoxy) is 1. The van der Waals surface area contributed by atoms with E-state index in [1.165, 1.54) is 5.56 Å². The number of hydrogen-bond donors (Lipinski definition) is 2. The Morgan fingerprint density at radius 1 is 1.35 bits per heavy atom. The SMILES string of the molecule is Cc1cc(C[C@@H]2CN(Cc3cc(Cl)cc4c3OCC4(C)C)C[C@H]2O)n[nH]1. The number of rotatable bonds is 4. The van der Waals surface area contributed by atoms with Gasteiger partial charge in [0.2, 0.25) is 0 Å². The summed E-state index contributed by atoms with van der Waals surface area (Å²) < 4.78 is 6.00. The second kappa shape index (κ2) is 6.55. The minimum atomic E-state index is -0.336. The quantitative estimate of drug-likeness (QED) is 0.862. The highest BCUT2D eigenvalue weighted by molar-refractivity contribution is 6.30. The maximum absolute atomic E-state index is 10.5. The van der Waals surface area contributed by atoms with Crippen molar-refractivity contribution < 1.29 is 9.84 Å². The molecule has 1 aromatic heterocycles. The highest BCUT2D eigenvalue weighted by Gasteiger charge is 2.36. The Kier molecular flexibility index (Phi) is 4.49. The monoisotopic (exact) mass is 375 g/mol. The summed E-state index contributed by atoms with van der Waals surface area (Å²) in [5, 5.41) is 18.5. The van der Waals surface area contributed by atoms with Crippen LogP contribution in [0.2, 0.25) is 5.02 Å². The van der Waals surface area contributed by atoms with Crippen molar-refractivity contribution in [1.29, 1.82) is 0 Å². The number of nitrogens with zero attached hydrogens (tertiary/aromatic N) is 2. The molecule has 26 heavy (non-hydrogen) atoms. The van der Waals surface area contributed by atoms with Crippen molar-refractivity contribution in [3.8, 4) is 5.75 Å². The summed E-state index contributed by atoms with van der Waals surface area (Å²) in [7, 11) is 0. The smallest absolute Gasteiger partial charge is 0.127 e. The van der Waals surface area contributed by atoms with Crippen LogP contribution in [0.4, 0.5) is 0 Å². The number of fused-ring (bicyclic) bond motifs is 1. The fraction of sp³-hybridized carbons (Fsp3) is 0.550. The first kappa shape index (κ1) is 17.8. The van der Waals surface area contributed by atoms with Crippen LogP contribution >= 0.6 is 11.6 Å². The highest BCUT2D eigenvalue weighted by atomic mass is 35.5. The number of aryl methyl sites for hydroxylation is 1. The molecule has 2 aliphatic heterocycles. The van der Waals surface area contributed by atoms with Crippen molar-refractivity contribution in [2.75, 3.05) is 19.7 Å². The van der Waals surface area contributed by atoms with Gasteiger partial charge in [0.1, 0.15) is 5.75 Å². The first-order valence-corrected chi connectivity index (χ1v) is 9.56. The van der Waals surface area contributed by atoms with Crippen LogP contribution in [-0.2, 0) is 18.4 Å². The van der Waals surface area contributed by atoms with Crippen LogP contribution in [0.5, 0.6) is 5.75 Å². The van der Waals surface area contributed by atoms with E-state index >= 15 is 0 Å². The predicted molar refractivity (Wildman–Crippen MR) is 102 cm³/mol. The first-order valence-electron chi connectivity index (χ1n) is 9.19. The summed E-state index contributed by atoms with van der Waals surface area (Å²) in [5.41, 5.74) is 4.35. The van der Waals surface area contributed by atoms with E-state index in [1.807, 2.05) is 19.1 Å². The van der Waals surface area contributed by atoms with Gasteiger partial charge in [-0.1, -0.05) is 25.4 Å². The van der Waals surface area contributed by atoms with Crippen LogP contribution in [0.15, 0.2) is 18.2 Å². The molecule has 2 N–H and O–H groups in total. The van der Waals surface area contributed by atoms with Gasteiger partial charge < -0.3 is 9.84 Å². The minimum absolute atomic E-state index is 0.0140. The zero-order chi connectivity index (χ0) is 18.5. The van der Waals surface area contributed by atoms with E-state index in [0.29, 0.717) is 13.2 Å². The van der Waals surface area contributed by atoms with Crippen LogP contribution in [0.3, 0.4) is 0 Å². The van der Waals surface area contributed by atoms with Crippen molar-refractivity contribution in [3.05, 3.63) is 45.7 Å². The first-order chi connectivity index (χ1) is 12.3. The molecule has 0 unspecified atom stereocenters. The zero-order valence-electron chi connectivity index (χ0n) is 15.6. The molecule has 2 aliphatic rings. The molecule has 0 spiro atoms. The van der Waals surface area contributed by atoms with Gasteiger partial charge in [0.15, 0.2) is 0 Å². The highest BCUT2D eigenvalue weighted by Crippen LogP contribution is 2.43. The topological polar surface area (TPSA) is 61.4 Å². The summed E-state index contributed by atoms with van der Waals surface area (Å²) in [6.07, 6.45) is 0.454. The molecule has 2 atom stereocenters. The average molecular weight is 376 g/mol. The van der Waals surface area contributed by atoms with Crippen molar-refractivity contribution in [3.63, 3.8) is 0 Å². The van der Waals surface area contributed by atoms with Gasteiger partial charge in [-0.2, -0.15) is 5.10 Å². The van der Waals surface area contributed by atoms with Crippen LogP contribution in [0.25, 0.3) is 0 Å². The number of halogens is 1. The van der Waals surface area contributed by atoms with Gasteiger partial charge >= 0.3 is 0 Å². The predicted octanol–water partition coefficient (Wildman–Crippen LogP) is 3.08. The Hall–Kier alpha value is -1.56. The molecule has 0 saturated carbocycles. The Labute approximate surface area is 159 Å². The lowest BCUT2D eigenvalue weighted by atomic mass is 9.86. The third-order valence-electron chi connectivity index (χ3n) is 5.54. The van der Waals surface area contributed by atoms with E-state index in [4.69, 9.17) is 16.3 Å². The van der Waals surface area contributed by atoms with Gasteiger partial charge in [0, 0.05) is 52.8 Å².